The van der Waals surface area contributed by atoms with E-state index >= 15 is 0 Å². The zero-order chi connectivity index (χ0) is 19.1. The predicted molar refractivity (Wildman–Crippen MR) is 109 cm³/mol. The number of hydrogen-bond acceptors (Lipinski definition) is 2. The third kappa shape index (κ3) is 5.53. The van der Waals surface area contributed by atoms with Crippen molar-refractivity contribution in [3.8, 4) is 11.1 Å². The van der Waals surface area contributed by atoms with Gasteiger partial charge in [-0.1, -0.05) is 84.9 Å². The van der Waals surface area contributed by atoms with Crippen LogP contribution in [0.1, 0.15) is 18.1 Å². The second-order valence-corrected chi connectivity index (χ2v) is 6.85. The quantitative estimate of drug-likeness (QED) is 0.670. The van der Waals surface area contributed by atoms with Crippen molar-refractivity contribution in [1.82, 2.24) is 5.32 Å². The molecule has 0 aliphatic heterocycles. The molecule has 0 fully saturated rings. The molecule has 2 N–H and O–H groups in total. The third-order valence-electron chi connectivity index (χ3n) is 4.68. The highest BCUT2D eigenvalue weighted by Crippen LogP contribution is 2.19. The summed E-state index contributed by atoms with van der Waals surface area (Å²) in [7, 11) is 0. The maximum atomic E-state index is 12.3. The van der Waals surface area contributed by atoms with Crippen LogP contribution in [0.3, 0.4) is 0 Å². The molecule has 0 bridgehead atoms. The van der Waals surface area contributed by atoms with Gasteiger partial charge in [0.2, 0.25) is 5.91 Å². The predicted octanol–water partition coefficient (Wildman–Crippen LogP) is 4.00. The Bertz CT molecular complexity index is 845. The summed E-state index contributed by atoms with van der Waals surface area (Å²) in [6.07, 6.45) is 0.211. The number of hydrogen-bond donors (Lipinski definition) is 2. The van der Waals surface area contributed by atoms with Gasteiger partial charge in [-0.15, -0.1) is 0 Å². The summed E-state index contributed by atoms with van der Waals surface area (Å²) < 4.78 is 0. The van der Waals surface area contributed by atoms with Crippen molar-refractivity contribution < 1.29 is 9.90 Å². The van der Waals surface area contributed by atoms with E-state index in [9.17, 15) is 9.90 Å². The minimum Gasteiger partial charge on any atom is -0.391 e. The van der Waals surface area contributed by atoms with E-state index in [4.69, 9.17) is 0 Å². The van der Waals surface area contributed by atoms with Gasteiger partial charge in [0.05, 0.1) is 18.6 Å². The molecule has 2 atom stereocenters. The van der Waals surface area contributed by atoms with Crippen LogP contribution in [0.4, 0.5) is 0 Å². The largest absolute Gasteiger partial charge is 0.391 e. The first-order chi connectivity index (χ1) is 13.1. The van der Waals surface area contributed by atoms with Crippen molar-refractivity contribution in [2.45, 2.75) is 31.9 Å². The van der Waals surface area contributed by atoms with Gasteiger partial charge in [-0.3, -0.25) is 4.79 Å². The van der Waals surface area contributed by atoms with E-state index in [0.29, 0.717) is 12.8 Å². The second-order valence-electron chi connectivity index (χ2n) is 6.85. The number of carbonyl (C=O) groups is 1. The lowest BCUT2D eigenvalue weighted by Gasteiger charge is -2.20. The highest BCUT2D eigenvalue weighted by atomic mass is 16.3. The number of aliphatic hydroxyl groups excluding tert-OH is 1. The summed E-state index contributed by atoms with van der Waals surface area (Å²) in [5.41, 5.74) is 4.30. The van der Waals surface area contributed by atoms with Crippen molar-refractivity contribution in [3.63, 3.8) is 0 Å². The van der Waals surface area contributed by atoms with Crippen molar-refractivity contribution in [3.05, 3.63) is 96.1 Å². The fourth-order valence-electron chi connectivity index (χ4n) is 3.06. The molecule has 3 rings (SSSR count). The SMILES string of the molecule is C[C@@H](NC(=O)Cc1ccc(-c2ccccc2)cc1)[C@H](O)Cc1ccccc1. The van der Waals surface area contributed by atoms with Gasteiger partial charge in [0.25, 0.3) is 0 Å². The Morgan fingerprint density at radius 1 is 0.815 bits per heavy atom. The summed E-state index contributed by atoms with van der Waals surface area (Å²) in [6, 6.07) is 27.7. The first-order valence-corrected chi connectivity index (χ1v) is 9.27. The van der Waals surface area contributed by atoms with Gasteiger partial charge in [0, 0.05) is 6.42 Å². The smallest absolute Gasteiger partial charge is 0.224 e. The van der Waals surface area contributed by atoms with Crippen LogP contribution in [-0.2, 0) is 17.6 Å². The molecule has 1 amide bonds. The minimum absolute atomic E-state index is 0.0814. The normalized spacial score (nSPS) is 13.0. The zero-order valence-electron chi connectivity index (χ0n) is 15.5. The van der Waals surface area contributed by atoms with Crippen LogP contribution in [0.5, 0.6) is 0 Å². The van der Waals surface area contributed by atoms with Gasteiger partial charge in [0.1, 0.15) is 0 Å². The molecular weight excluding hydrogens is 334 g/mol. The summed E-state index contributed by atoms with van der Waals surface area (Å²) in [4.78, 5) is 12.3. The van der Waals surface area contributed by atoms with E-state index in [0.717, 1.165) is 22.3 Å². The summed E-state index contributed by atoms with van der Waals surface area (Å²) in [5.74, 6) is -0.0814. The monoisotopic (exact) mass is 359 g/mol. The molecule has 0 aromatic heterocycles. The number of benzene rings is 3. The molecule has 3 aromatic carbocycles. The number of carbonyl (C=O) groups excluding carboxylic acids is 1. The lowest BCUT2D eigenvalue weighted by Crippen LogP contribution is -2.42. The Morgan fingerprint density at radius 3 is 2.00 bits per heavy atom. The summed E-state index contributed by atoms with van der Waals surface area (Å²) in [6.45, 7) is 1.84. The van der Waals surface area contributed by atoms with Gasteiger partial charge in [-0.25, -0.2) is 0 Å². The minimum atomic E-state index is -0.614. The zero-order valence-corrected chi connectivity index (χ0v) is 15.5. The molecule has 0 unspecified atom stereocenters. The standard InChI is InChI=1S/C24H25NO2/c1-18(23(26)16-19-8-4-2-5-9-19)25-24(27)17-20-12-14-22(15-13-20)21-10-6-3-7-11-21/h2-15,18,23,26H,16-17H2,1H3,(H,25,27)/t18-,23-/m1/s1. The molecule has 0 aliphatic carbocycles. The van der Waals surface area contributed by atoms with Gasteiger partial charge in [-0.05, 0) is 29.2 Å². The Kier molecular flexibility index (Phi) is 6.39. The highest BCUT2D eigenvalue weighted by molar-refractivity contribution is 5.79. The topological polar surface area (TPSA) is 49.3 Å². The van der Waals surface area contributed by atoms with Crippen molar-refractivity contribution >= 4 is 5.91 Å². The Labute approximate surface area is 160 Å². The van der Waals surface area contributed by atoms with Crippen LogP contribution >= 0.6 is 0 Å². The molecule has 0 heterocycles. The lowest BCUT2D eigenvalue weighted by atomic mass is 10.0. The van der Waals surface area contributed by atoms with Crippen LogP contribution in [0.25, 0.3) is 11.1 Å². The van der Waals surface area contributed by atoms with Gasteiger partial charge < -0.3 is 10.4 Å². The Morgan fingerprint density at radius 2 is 1.37 bits per heavy atom. The van der Waals surface area contributed by atoms with E-state index in [1.165, 1.54) is 0 Å². The average Bonchev–Trinajstić information content (AvgIpc) is 2.70. The Hall–Kier alpha value is -2.91. The fourth-order valence-corrected chi connectivity index (χ4v) is 3.06. The maximum absolute atomic E-state index is 12.3. The van der Waals surface area contributed by atoms with Crippen molar-refractivity contribution in [1.29, 1.82) is 0 Å². The van der Waals surface area contributed by atoms with Crippen molar-refractivity contribution in [2.24, 2.45) is 0 Å². The van der Waals surface area contributed by atoms with E-state index < -0.39 is 6.10 Å². The number of amides is 1. The average molecular weight is 359 g/mol. The molecule has 0 aliphatic rings. The molecule has 27 heavy (non-hydrogen) atoms. The molecule has 0 spiro atoms. The van der Waals surface area contributed by atoms with E-state index in [-0.39, 0.29) is 11.9 Å². The lowest BCUT2D eigenvalue weighted by molar-refractivity contribution is -0.121. The highest BCUT2D eigenvalue weighted by Gasteiger charge is 2.17. The number of nitrogens with one attached hydrogen (secondary N) is 1. The molecule has 138 valence electrons. The molecular formula is C24H25NO2. The van der Waals surface area contributed by atoms with Crippen LogP contribution in [0, 0.1) is 0 Å². The van der Waals surface area contributed by atoms with Gasteiger partial charge in [-0.2, -0.15) is 0 Å². The number of rotatable bonds is 7. The molecule has 3 nitrogen and oxygen atoms in total. The molecule has 3 heteroatoms. The molecule has 0 saturated carbocycles. The van der Waals surface area contributed by atoms with Gasteiger partial charge >= 0.3 is 0 Å². The third-order valence-corrected chi connectivity index (χ3v) is 4.68. The maximum Gasteiger partial charge on any atom is 0.224 e. The first-order valence-electron chi connectivity index (χ1n) is 9.27. The first kappa shape index (κ1) is 18.9. The Balaban J connectivity index is 1.52. The van der Waals surface area contributed by atoms with E-state index in [1.807, 2.05) is 79.7 Å². The van der Waals surface area contributed by atoms with Crippen molar-refractivity contribution in [2.75, 3.05) is 0 Å². The van der Waals surface area contributed by atoms with Crippen LogP contribution in [0.15, 0.2) is 84.9 Å². The van der Waals surface area contributed by atoms with E-state index in [1.54, 1.807) is 0 Å². The fraction of sp³-hybridized carbons (Fsp3) is 0.208. The molecule has 0 radical (unpaired) electrons. The van der Waals surface area contributed by atoms with Crippen LogP contribution < -0.4 is 5.32 Å². The molecule has 3 aromatic rings. The van der Waals surface area contributed by atoms with E-state index in [2.05, 4.69) is 17.4 Å². The second kappa shape index (κ2) is 9.15. The number of aliphatic hydroxyl groups is 1. The van der Waals surface area contributed by atoms with Crippen LogP contribution in [-0.4, -0.2) is 23.2 Å². The summed E-state index contributed by atoms with van der Waals surface area (Å²) in [5, 5.41) is 13.2. The van der Waals surface area contributed by atoms with Gasteiger partial charge in [0.15, 0.2) is 0 Å². The molecule has 0 saturated heterocycles. The van der Waals surface area contributed by atoms with Crippen LogP contribution in [0.2, 0.25) is 0 Å². The summed E-state index contributed by atoms with van der Waals surface area (Å²) >= 11 is 0.